The fourth-order valence-corrected chi connectivity index (χ4v) is 1.27. The molecule has 0 amide bonds. The summed E-state index contributed by atoms with van der Waals surface area (Å²) in [5.74, 6) is 1.60. The molecule has 1 aliphatic rings. The summed E-state index contributed by atoms with van der Waals surface area (Å²) in [5, 5.41) is 3.09. The van der Waals surface area contributed by atoms with Crippen LogP contribution in [0.3, 0.4) is 0 Å². The molecule has 58 valence electrons. The molecular formula is C7H10N4. The molecule has 0 aliphatic carbocycles. The fraction of sp³-hybridized carbons (Fsp3) is 0.286. The van der Waals surface area contributed by atoms with Crippen molar-refractivity contribution in [3.8, 4) is 0 Å². The van der Waals surface area contributed by atoms with Crippen molar-refractivity contribution < 1.29 is 0 Å². The minimum atomic E-state index is 0.568. The van der Waals surface area contributed by atoms with Crippen molar-refractivity contribution in [1.82, 2.24) is 4.98 Å². The quantitative estimate of drug-likeness (QED) is 0.501. The third kappa shape index (κ3) is 0.790. The van der Waals surface area contributed by atoms with Crippen molar-refractivity contribution in [3.63, 3.8) is 0 Å². The van der Waals surface area contributed by atoms with Crippen LogP contribution in [-0.2, 0) is 0 Å². The number of aryl methyl sites for hydroxylation is 1. The zero-order valence-corrected chi connectivity index (χ0v) is 6.31. The lowest BCUT2D eigenvalue weighted by atomic mass is 10.2. The van der Waals surface area contributed by atoms with Gasteiger partial charge in [0.1, 0.15) is 18.3 Å². The van der Waals surface area contributed by atoms with Gasteiger partial charge in [-0.15, -0.1) is 0 Å². The molecule has 0 fully saturated rings. The number of nitrogens with zero attached hydrogens (tertiary/aromatic N) is 1. The lowest BCUT2D eigenvalue weighted by Gasteiger charge is -2.11. The zero-order valence-electron chi connectivity index (χ0n) is 6.31. The van der Waals surface area contributed by atoms with E-state index in [-0.39, 0.29) is 0 Å². The molecule has 2 rings (SSSR count). The Labute approximate surface area is 64.5 Å². The highest BCUT2D eigenvalue weighted by Crippen LogP contribution is 2.19. The number of fused-ring (bicyclic) bond motifs is 1. The summed E-state index contributed by atoms with van der Waals surface area (Å²) in [4.78, 5) is 7.15. The van der Waals surface area contributed by atoms with Crippen LogP contribution in [0, 0.1) is 6.92 Å². The van der Waals surface area contributed by atoms with Crippen LogP contribution in [0.5, 0.6) is 0 Å². The molecule has 2 heterocycles. The normalized spacial score (nSPS) is 15.2. The first-order chi connectivity index (χ1) is 5.29. The molecule has 0 bridgehead atoms. The lowest BCUT2D eigenvalue weighted by Crippen LogP contribution is -2.22. The first-order valence-electron chi connectivity index (χ1n) is 3.51. The molecule has 0 saturated carbocycles. The summed E-state index contributed by atoms with van der Waals surface area (Å²) in [6, 6.07) is 0. The van der Waals surface area contributed by atoms with Gasteiger partial charge >= 0.3 is 0 Å². The van der Waals surface area contributed by atoms with Crippen LogP contribution in [0.2, 0.25) is 0 Å². The lowest BCUT2D eigenvalue weighted by molar-refractivity contribution is 1.09. The predicted molar refractivity (Wildman–Crippen MR) is 44.7 cm³/mol. The Bertz CT molecular complexity index is 310. The predicted octanol–water partition coefficient (Wildman–Crippen LogP) is 0.411. The number of hydrogen-bond acceptors (Lipinski definition) is 3. The molecule has 0 unspecified atom stereocenters. The Morgan fingerprint density at radius 2 is 2.45 bits per heavy atom. The van der Waals surface area contributed by atoms with E-state index < -0.39 is 0 Å². The highest BCUT2D eigenvalue weighted by atomic mass is 15.1. The van der Waals surface area contributed by atoms with Crippen LogP contribution in [0.15, 0.2) is 11.2 Å². The smallest absolute Gasteiger partial charge is 0.131 e. The highest BCUT2D eigenvalue weighted by Gasteiger charge is 2.14. The number of rotatable bonds is 0. The average Bonchev–Trinajstić information content (AvgIpc) is 2.34. The summed E-state index contributed by atoms with van der Waals surface area (Å²) < 4.78 is 0. The van der Waals surface area contributed by atoms with Gasteiger partial charge in [-0.05, 0) is 12.5 Å². The van der Waals surface area contributed by atoms with Gasteiger partial charge in [0, 0.05) is 6.20 Å². The summed E-state index contributed by atoms with van der Waals surface area (Å²) in [5.41, 5.74) is 7.82. The molecule has 1 aromatic heterocycles. The third-order valence-electron chi connectivity index (χ3n) is 1.84. The number of hydrogen-bond donors (Lipinski definition) is 3. The molecule has 11 heavy (non-hydrogen) atoms. The minimum Gasteiger partial charge on any atom is -0.383 e. The number of nitrogens with one attached hydrogen (secondary N) is 2. The van der Waals surface area contributed by atoms with Gasteiger partial charge in [0.25, 0.3) is 0 Å². The van der Waals surface area contributed by atoms with Gasteiger partial charge in [0.05, 0.1) is 5.56 Å². The number of anilines is 1. The second-order valence-corrected chi connectivity index (χ2v) is 2.60. The van der Waals surface area contributed by atoms with Gasteiger partial charge in [-0.2, -0.15) is 0 Å². The largest absolute Gasteiger partial charge is 0.383 e. The zero-order chi connectivity index (χ0) is 7.84. The number of aliphatic imine (C=N–C) groups is 1. The maximum atomic E-state index is 5.68. The van der Waals surface area contributed by atoms with Crippen molar-refractivity contribution in [3.05, 3.63) is 17.3 Å². The molecule has 0 spiro atoms. The maximum absolute atomic E-state index is 5.68. The molecule has 0 atom stereocenters. The van der Waals surface area contributed by atoms with Gasteiger partial charge in [-0.25, -0.2) is 4.99 Å². The molecule has 0 saturated heterocycles. The van der Waals surface area contributed by atoms with Gasteiger partial charge < -0.3 is 16.0 Å². The van der Waals surface area contributed by atoms with E-state index in [9.17, 15) is 0 Å². The van der Waals surface area contributed by atoms with E-state index >= 15 is 0 Å². The Kier molecular flexibility index (Phi) is 1.15. The number of aromatic nitrogens is 1. The molecular weight excluding hydrogens is 140 g/mol. The second kappa shape index (κ2) is 2.02. The molecule has 0 aromatic carbocycles. The molecule has 0 radical (unpaired) electrons. The summed E-state index contributed by atoms with van der Waals surface area (Å²) in [6.45, 7) is 2.57. The van der Waals surface area contributed by atoms with Crippen LogP contribution in [0.4, 0.5) is 5.82 Å². The van der Waals surface area contributed by atoms with Crippen LogP contribution in [0.25, 0.3) is 0 Å². The highest BCUT2D eigenvalue weighted by molar-refractivity contribution is 6.04. The first kappa shape index (κ1) is 6.27. The third-order valence-corrected chi connectivity index (χ3v) is 1.84. The van der Waals surface area contributed by atoms with Crippen molar-refractivity contribution in [2.75, 3.05) is 12.0 Å². The number of amidine groups is 1. The Morgan fingerprint density at radius 3 is 3.18 bits per heavy atom. The van der Waals surface area contributed by atoms with Crippen LogP contribution in [0.1, 0.15) is 11.1 Å². The van der Waals surface area contributed by atoms with E-state index in [1.165, 1.54) is 0 Å². The SMILES string of the molecule is Cc1c[nH]c2c1C(N)=NCN2. The summed E-state index contributed by atoms with van der Waals surface area (Å²) in [6.07, 6.45) is 1.92. The summed E-state index contributed by atoms with van der Waals surface area (Å²) in [7, 11) is 0. The maximum Gasteiger partial charge on any atom is 0.131 e. The monoisotopic (exact) mass is 150 g/mol. The Balaban J connectivity index is 2.61. The molecule has 4 nitrogen and oxygen atoms in total. The van der Waals surface area contributed by atoms with Crippen molar-refractivity contribution in [2.45, 2.75) is 6.92 Å². The van der Waals surface area contributed by atoms with E-state index in [4.69, 9.17) is 5.73 Å². The van der Waals surface area contributed by atoms with E-state index in [1.54, 1.807) is 0 Å². The van der Waals surface area contributed by atoms with E-state index in [0.717, 1.165) is 16.9 Å². The molecule has 4 N–H and O–H groups in total. The fourth-order valence-electron chi connectivity index (χ4n) is 1.27. The average molecular weight is 150 g/mol. The summed E-state index contributed by atoms with van der Waals surface area (Å²) >= 11 is 0. The van der Waals surface area contributed by atoms with Crippen molar-refractivity contribution in [2.24, 2.45) is 10.7 Å². The molecule has 4 heteroatoms. The van der Waals surface area contributed by atoms with Crippen molar-refractivity contribution in [1.29, 1.82) is 0 Å². The van der Waals surface area contributed by atoms with Crippen LogP contribution in [-0.4, -0.2) is 17.5 Å². The van der Waals surface area contributed by atoms with Gasteiger partial charge in [-0.1, -0.05) is 0 Å². The first-order valence-corrected chi connectivity index (χ1v) is 3.51. The second-order valence-electron chi connectivity index (χ2n) is 2.60. The number of H-pyrrole nitrogens is 1. The van der Waals surface area contributed by atoms with Gasteiger partial charge in [0.15, 0.2) is 0 Å². The van der Waals surface area contributed by atoms with Gasteiger partial charge in [-0.3, -0.25) is 0 Å². The van der Waals surface area contributed by atoms with Crippen LogP contribution < -0.4 is 11.1 Å². The van der Waals surface area contributed by atoms with E-state index in [1.807, 2.05) is 13.1 Å². The van der Waals surface area contributed by atoms with Crippen molar-refractivity contribution >= 4 is 11.7 Å². The topological polar surface area (TPSA) is 66.2 Å². The number of nitrogens with two attached hydrogens (primary N) is 1. The standard InChI is InChI=1S/C7H10N4/c1-4-2-9-7-5(4)6(8)10-3-11-7/h2,9,11H,3H2,1H3,(H2,8,10). The number of aromatic amines is 1. The Morgan fingerprint density at radius 1 is 1.64 bits per heavy atom. The minimum absolute atomic E-state index is 0.568. The molecule has 1 aliphatic heterocycles. The van der Waals surface area contributed by atoms with E-state index in [0.29, 0.717) is 12.5 Å². The van der Waals surface area contributed by atoms with E-state index in [2.05, 4.69) is 15.3 Å². The van der Waals surface area contributed by atoms with Crippen LogP contribution >= 0.6 is 0 Å². The van der Waals surface area contributed by atoms with Gasteiger partial charge in [0.2, 0.25) is 0 Å². The Hall–Kier alpha value is -1.45. The molecule has 1 aromatic rings.